The third kappa shape index (κ3) is 2.28. The van der Waals surface area contributed by atoms with Crippen molar-refractivity contribution in [2.24, 2.45) is 0 Å². The highest BCUT2D eigenvalue weighted by Gasteiger charge is 2.45. The summed E-state index contributed by atoms with van der Waals surface area (Å²) in [5.74, 6) is -1.19. The minimum atomic E-state index is -0.605. The van der Waals surface area contributed by atoms with Crippen molar-refractivity contribution in [3.8, 4) is 6.07 Å². The second kappa shape index (κ2) is 5.38. The number of pyridine rings is 1. The third-order valence-electron chi connectivity index (χ3n) is 3.47. The first kappa shape index (κ1) is 13.3. The Hall–Kier alpha value is -2.65. The Morgan fingerprint density at radius 2 is 2.10 bits per heavy atom. The quantitative estimate of drug-likeness (QED) is 0.830. The molecule has 0 saturated carbocycles. The summed E-state index contributed by atoms with van der Waals surface area (Å²) < 4.78 is 1.75. The molecule has 2 aromatic heterocycles. The van der Waals surface area contributed by atoms with Gasteiger partial charge < -0.3 is 5.11 Å². The van der Waals surface area contributed by atoms with Crippen molar-refractivity contribution in [2.45, 2.75) is 12.0 Å². The molecule has 1 aliphatic heterocycles. The summed E-state index contributed by atoms with van der Waals surface area (Å²) in [5, 5.41) is 25.4. The minimum absolute atomic E-state index is 0.175. The lowest BCUT2D eigenvalue weighted by Gasteiger charge is -2.26. The second-order valence-electron chi connectivity index (χ2n) is 4.67. The van der Waals surface area contributed by atoms with Gasteiger partial charge in [0.25, 0.3) is 5.91 Å². The molecular formula is C15H12N3O2S+. The highest BCUT2D eigenvalue weighted by atomic mass is 32.1. The van der Waals surface area contributed by atoms with Crippen molar-refractivity contribution < 1.29 is 14.5 Å². The van der Waals surface area contributed by atoms with Gasteiger partial charge in [-0.25, -0.2) is 0 Å². The average molecular weight is 298 g/mol. The average Bonchev–Trinajstić information content (AvgIpc) is 3.01. The van der Waals surface area contributed by atoms with Gasteiger partial charge in [-0.2, -0.15) is 21.2 Å². The van der Waals surface area contributed by atoms with Gasteiger partial charge in [0.05, 0.1) is 5.92 Å². The van der Waals surface area contributed by atoms with E-state index >= 15 is 0 Å². The second-order valence-corrected chi connectivity index (χ2v) is 5.45. The van der Waals surface area contributed by atoms with E-state index in [1.54, 1.807) is 17.0 Å². The summed E-state index contributed by atoms with van der Waals surface area (Å²) in [6, 6.07) is 8.78. The number of aromatic nitrogens is 1. The molecule has 2 atom stereocenters. The van der Waals surface area contributed by atoms with E-state index in [2.05, 4.69) is 5.32 Å². The number of amides is 1. The molecule has 0 saturated heterocycles. The Labute approximate surface area is 125 Å². The highest BCUT2D eigenvalue weighted by Crippen LogP contribution is 2.37. The van der Waals surface area contributed by atoms with Crippen LogP contribution in [-0.2, 0) is 4.79 Å². The van der Waals surface area contributed by atoms with Gasteiger partial charge in [-0.1, -0.05) is 6.07 Å². The smallest absolute Gasteiger partial charge is 0.296 e. The fourth-order valence-corrected chi connectivity index (χ4v) is 3.24. The third-order valence-corrected chi connectivity index (χ3v) is 4.18. The summed E-state index contributed by atoms with van der Waals surface area (Å²) in [5.41, 5.74) is 1.02. The molecule has 0 spiro atoms. The van der Waals surface area contributed by atoms with Crippen LogP contribution in [0.15, 0.2) is 58.9 Å². The Balaban J connectivity index is 2.17. The summed E-state index contributed by atoms with van der Waals surface area (Å²) in [4.78, 5) is 12.3. The maximum absolute atomic E-state index is 12.3. The topological polar surface area (TPSA) is 77.0 Å². The number of aliphatic hydroxyl groups excluding tert-OH is 1. The van der Waals surface area contributed by atoms with Gasteiger partial charge in [-0.15, -0.1) is 0 Å². The summed E-state index contributed by atoms with van der Waals surface area (Å²) in [6.07, 6.45) is 3.56. The fourth-order valence-electron chi connectivity index (χ4n) is 2.54. The summed E-state index contributed by atoms with van der Waals surface area (Å²) in [7, 11) is 0. The predicted molar refractivity (Wildman–Crippen MR) is 76.1 cm³/mol. The Morgan fingerprint density at radius 3 is 2.71 bits per heavy atom. The number of allylic oxidation sites excluding steroid dienone is 1. The van der Waals surface area contributed by atoms with Gasteiger partial charge in [0.15, 0.2) is 12.4 Å². The molecule has 0 fully saturated rings. The first-order valence-electron chi connectivity index (χ1n) is 6.34. The van der Waals surface area contributed by atoms with E-state index < -0.39 is 12.0 Å². The Bertz CT molecular complexity index is 732. The molecule has 21 heavy (non-hydrogen) atoms. The molecule has 2 aromatic rings. The molecule has 5 nitrogen and oxygen atoms in total. The van der Waals surface area contributed by atoms with E-state index in [-0.39, 0.29) is 17.4 Å². The molecule has 2 unspecified atom stereocenters. The number of rotatable bonds is 2. The lowest BCUT2D eigenvalue weighted by Crippen LogP contribution is -2.53. The van der Waals surface area contributed by atoms with Crippen LogP contribution < -0.4 is 9.88 Å². The molecule has 3 heterocycles. The van der Waals surface area contributed by atoms with Crippen LogP contribution in [0.1, 0.15) is 17.5 Å². The van der Waals surface area contributed by atoms with Crippen LogP contribution in [0.25, 0.3) is 0 Å². The first-order chi connectivity index (χ1) is 10.2. The number of carbonyl (C=O) groups is 1. The van der Waals surface area contributed by atoms with Gasteiger partial charge >= 0.3 is 0 Å². The van der Waals surface area contributed by atoms with Gasteiger partial charge in [0, 0.05) is 12.1 Å². The van der Waals surface area contributed by atoms with Crippen molar-refractivity contribution in [2.75, 3.05) is 0 Å². The highest BCUT2D eigenvalue weighted by molar-refractivity contribution is 7.08. The molecule has 3 rings (SSSR count). The number of nitrogens with zero attached hydrogens (tertiary/aromatic N) is 2. The molecule has 2 N–H and O–H groups in total. The van der Waals surface area contributed by atoms with Crippen LogP contribution >= 0.6 is 11.3 Å². The largest absolute Gasteiger partial charge is 0.494 e. The van der Waals surface area contributed by atoms with Crippen molar-refractivity contribution in [3.63, 3.8) is 0 Å². The maximum atomic E-state index is 12.3. The first-order valence-corrected chi connectivity index (χ1v) is 7.28. The standard InChI is InChI=1S/C15H11N3O2S/c16-8-11-12(10-4-7-21-9-10)13(15(20)17-14(11)19)18-5-2-1-3-6-18/h1-7,9,12-13H,(H-,17,19,20)/p+1. The monoisotopic (exact) mass is 298 g/mol. The number of hydrogen-bond donors (Lipinski definition) is 2. The van der Waals surface area contributed by atoms with E-state index in [4.69, 9.17) is 0 Å². The van der Waals surface area contributed by atoms with Crippen LogP contribution in [0.3, 0.4) is 0 Å². The number of thiophene rings is 1. The van der Waals surface area contributed by atoms with Crippen LogP contribution in [0, 0.1) is 11.3 Å². The maximum Gasteiger partial charge on any atom is 0.296 e. The van der Waals surface area contributed by atoms with Crippen LogP contribution in [0.2, 0.25) is 0 Å². The van der Waals surface area contributed by atoms with E-state index in [0.29, 0.717) is 0 Å². The summed E-state index contributed by atoms with van der Waals surface area (Å²) in [6.45, 7) is 0. The van der Waals surface area contributed by atoms with Crippen molar-refractivity contribution in [1.29, 1.82) is 5.26 Å². The van der Waals surface area contributed by atoms with E-state index in [0.717, 1.165) is 5.56 Å². The minimum Gasteiger partial charge on any atom is -0.494 e. The molecule has 6 heteroatoms. The van der Waals surface area contributed by atoms with Crippen molar-refractivity contribution in [3.05, 3.63) is 64.4 Å². The van der Waals surface area contributed by atoms with E-state index in [1.807, 2.05) is 41.1 Å². The lowest BCUT2D eigenvalue weighted by atomic mass is 9.84. The molecule has 0 aliphatic carbocycles. The SMILES string of the molecule is N#CC1=C(O)NC(=O)C([n+]2ccccc2)C1c1ccsc1. The van der Waals surface area contributed by atoms with Crippen LogP contribution in [-0.4, -0.2) is 11.0 Å². The lowest BCUT2D eigenvalue weighted by molar-refractivity contribution is -0.711. The molecule has 0 aromatic carbocycles. The zero-order chi connectivity index (χ0) is 14.8. The zero-order valence-corrected chi connectivity index (χ0v) is 11.7. The van der Waals surface area contributed by atoms with Gasteiger partial charge in [-0.3, -0.25) is 10.1 Å². The fraction of sp³-hybridized carbons (Fsp3) is 0.133. The van der Waals surface area contributed by atoms with Crippen molar-refractivity contribution >= 4 is 17.2 Å². The molecule has 104 valence electrons. The predicted octanol–water partition coefficient (Wildman–Crippen LogP) is 1.78. The van der Waals surface area contributed by atoms with Crippen LogP contribution in [0.4, 0.5) is 0 Å². The molecule has 0 radical (unpaired) electrons. The Kier molecular flexibility index (Phi) is 3.42. The molecule has 0 bridgehead atoms. The normalized spacial score (nSPS) is 21.8. The number of carbonyl (C=O) groups excluding carboxylic acids is 1. The van der Waals surface area contributed by atoms with E-state index in [9.17, 15) is 15.2 Å². The Morgan fingerprint density at radius 1 is 1.33 bits per heavy atom. The van der Waals surface area contributed by atoms with Gasteiger partial charge in [-0.05, 0) is 22.4 Å². The molecule has 1 amide bonds. The number of nitrogens with one attached hydrogen (secondary N) is 1. The zero-order valence-electron chi connectivity index (χ0n) is 10.9. The van der Waals surface area contributed by atoms with Crippen LogP contribution in [0.5, 0.6) is 0 Å². The van der Waals surface area contributed by atoms with E-state index in [1.165, 1.54) is 11.3 Å². The van der Waals surface area contributed by atoms with Gasteiger partial charge in [0.1, 0.15) is 11.6 Å². The summed E-state index contributed by atoms with van der Waals surface area (Å²) >= 11 is 1.49. The number of nitriles is 1. The molecule has 1 aliphatic rings. The number of hydrogen-bond acceptors (Lipinski definition) is 4. The van der Waals surface area contributed by atoms with Gasteiger partial charge in [0.2, 0.25) is 11.9 Å². The number of aliphatic hydroxyl groups is 1. The molecular weight excluding hydrogens is 286 g/mol. The van der Waals surface area contributed by atoms with Crippen molar-refractivity contribution in [1.82, 2.24) is 5.32 Å².